The molecule has 0 heterocycles. The quantitative estimate of drug-likeness (QED) is 0.631. The fraction of sp³-hybridized carbons (Fsp3) is 0.389. The zero-order chi connectivity index (χ0) is 15.1. The first-order chi connectivity index (χ1) is 10.2. The molecular formula is C18H22O3. The van der Waals surface area contributed by atoms with Gasteiger partial charge in [-0.3, -0.25) is 0 Å². The van der Waals surface area contributed by atoms with E-state index in [4.69, 9.17) is 9.84 Å². The van der Waals surface area contributed by atoms with Gasteiger partial charge in [0.05, 0.1) is 6.61 Å². The van der Waals surface area contributed by atoms with Crippen LogP contribution in [0.3, 0.4) is 0 Å². The second-order valence-corrected chi connectivity index (χ2v) is 5.57. The van der Waals surface area contributed by atoms with Gasteiger partial charge in [-0.25, -0.2) is 4.79 Å². The third-order valence-corrected chi connectivity index (χ3v) is 4.01. The molecule has 1 aromatic carbocycles. The van der Waals surface area contributed by atoms with Crippen LogP contribution in [0.1, 0.15) is 31.2 Å². The number of carboxylic acid groups (broad SMARTS) is 1. The van der Waals surface area contributed by atoms with Crippen LogP contribution < -0.4 is 4.74 Å². The van der Waals surface area contributed by atoms with Crippen molar-refractivity contribution in [2.24, 2.45) is 11.8 Å². The van der Waals surface area contributed by atoms with Crippen LogP contribution in [0.25, 0.3) is 6.08 Å². The second-order valence-electron chi connectivity index (χ2n) is 5.57. The highest BCUT2D eigenvalue weighted by molar-refractivity contribution is 5.85. The number of allylic oxidation sites excluding steroid dienone is 1. The van der Waals surface area contributed by atoms with E-state index in [1.54, 1.807) is 6.08 Å². The van der Waals surface area contributed by atoms with Gasteiger partial charge < -0.3 is 9.84 Å². The van der Waals surface area contributed by atoms with E-state index >= 15 is 0 Å². The average molecular weight is 286 g/mol. The van der Waals surface area contributed by atoms with E-state index in [1.165, 1.54) is 25.7 Å². The zero-order valence-corrected chi connectivity index (χ0v) is 12.2. The lowest BCUT2D eigenvalue weighted by molar-refractivity contribution is -0.131. The van der Waals surface area contributed by atoms with E-state index in [2.05, 4.69) is 12.7 Å². The van der Waals surface area contributed by atoms with Crippen LogP contribution in [-0.2, 0) is 4.79 Å². The van der Waals surface area contributed by atoms with Gasteiger partial charge in [0.1, 0.15) is 5.75 Å². The molecular weight excluding hydrogens is 264 g/mol. The van der Waals surface area contributed by atoms with Crippen LogP contribution in [0.5, 0.6) is 5.75 Å². The smallest absolute Gasteiger partial charge is 0.328 e. The Labute approximate surface area is 125 Å². The summed E-state index contributed by atoms with van der Waals surface area (Å²) in [6.07, 6.45) is 9.62. The van der Waals surface area contributed by atoms with Crippen molar-refractivity contribution in [3.05, 3.63) is 48.6 Å². The van der Waals surface area contributed by atoms with Crippen molar-refractivity contribution in [2.45, 2.75) is 25.7 Å². The van der Waals surface area contributed by atoms with Gasteiger partial charge in [-0.1, -0.05) is 18.2 Å². The molecule has 1 aliphatic rings. The minimum atomic E-state index is -0.939. The molecule has 0 radical (unpaired) electrons. The molecule has 0 aromatic heterocycles. The first-order valence-electron chi connectivity index (χ1n) is 7.44. The number of carbonyl (C=O) groups is 1. The number of carboxylic acids is 1. The van der Waals surface area contributed by atoms with Crippen molar-refractivity contribution in [1.29, 1.82) is 0 Å². The largest absolute Gasteiger partial charge is 0.493 e. The average Bonchev–Trinajstić information content (AvgIpc) is 2.52. The lowest BCUT2D eigenvalue weighted by Gasteiger charge is -2.26. The topological polar surface area (TPSA) is 46.5 Å². The number of hydrogen-bond donors (Lipinski definition) is 1. The van der Waals surface area contributed by atoms with Gasteiger partial charge >= 0.3 is 5.97 Å². The van der Waals surface area contributed by atoms with E-state index < -0.39 is 5.97 Å². The van der Waals surface area contributed by atoms with Crippen molar-refractivity contribution in [1.82, 2.24) is 0 Å². The first kappa shape index (κ1) is 15.4. The lowest BCUT2D eigenvalue weighted by Crippen LogP contribution is -2.19. The van der Waals surface area contributed by atoms with Crippen molar-refractivity contribution in [2.75, 3.05) is 6.61 Å². The summed E-state index contributed by atoms with van der Waals surface area (Å²) in [6.45, 7) is 4.62. The minimum absolute atomic E-state index is 0.632. The summed E-state index contributed by atoms with van der Waals surface area (Å²) in [5.74, 6) is 1.22. The summed E-state index contributed by atoms with van der Waals surface area (Å²) in [7, 11) is 0. The summed E-state index contributed by atoms with van der Waals surface area (Å²) in [5.41, 5.74) is 0.858. The van der Waals surface area contributed by atoms with E-state index in [-0.39, 0.29) is 0 Å². The molecule has 1 aliphatic carbocycles. The molecule has 1 N–H and O–H groups in total. The van der Waals surface area contributed by atoms with E-state index in [1.807, 2.05) is 24.3 Å². The Bertz CT molecular complexity index is 494. The molecule has 3 heteroatoms. The number of hydrogen-bond acceptors (Lipinski definition) is 2. The monoisotopic (exact) mass is 286 g/mol. The Morgan fingerprint density at radius 1 is 1.24 bits per heavy atom. The number of rotatable bonds is 6. The molecule has 0 unspecified atom stereocenters. The Kier molecular flexibility index (Phi) is 5.61. The van der Waals surface area contributed by atoms with Crippen LogP contribution in [0.15, 0.2) is 43.0 Å². The van der Waals surface area contributed by atoms with Crippen LogP contribution in [0.4, 0.5) is 0 Å². The fourth-order valence-corrected chi connectivity index (χ4v) is 2.65. The maximum atomic E-state index is 10.4. The van der Waals surface area contributed by atoms with Gasteiger partial charge in [0.25, 0.3) is 0 Å². The molecule has 112 valence electrons. The Morgan fingerprint density at radius 2 is 1.90 bits per heavy atom. The predicted octanol–water partition coefficient (Wildman–Crippen LogP) is 4.16. The molecule has 21 heavy (non-hydrogen) atoms. The Hall–Kier alpha value is -2.03. The summed E-state index contributed by atoms with van der Waals surface area (Å²) >= 11 is 0. The molecule has 0 spiro atoms. The Morgan fingerprint density at radius 3 is 2.48 bits per heavy atom. The van der Waals surface area contributed by atoms with E-state index in [9.17, 15) is 4.79 Å². The van der Waals surface area contributed by atoms with Crippen molar-refractivity contribution in [3.8, 4) is 5.75 Å². The maximum absolute atomic E-state index is 10.4. The SMILES string of the molecule is C=CC1CCC(COc2ccc(C=CC(=O)O)cc2)CC1. The van der Waals surface area contributed by atoms with Gasteiger partial charge in [0, 0.05) is 6.08 Å². The van der Waals surface area contributed by atoms with Crippen molar-refractivity contribution < 1.29 is 14.6 Å². The third-order valence-electron chi connectivity index (χ3n) is 4.01. The van der Waals surface area contributed by atoms with Gasteiger partial charge in [0.2, 0.25) is 0 Å². The van der Waals surface area contributed by atoms with E-state index in [0.717, 1.165) is 24.0 Å². The van der Waals surface area contributed by atoms with Crippen LogP contribution >= 0.6 is 0 Å². The highest BCUT2D eigenvalue weighted by Crippen LogP contribution is 2.29. The molecule has 3 nitrogen and oxygen atoms in total. The molecule has 0 atom stereocenters. The molecule has 0 aliphatic heterocycles. The van der Waals surface area contributed by atoms with Gasteiger partial charge in [-0.2, -0.15) is 0 Å². The number of ether oxygens (including phenoxy) is 1. The summed E-state index contributed by atoms with van der Waals surface area (Å²) < 4.78 is 5.83. The minimum Gasteiger partial charge on any atom is -0.493 e. The molecule has 1 saturated carbocycles. The lowest BCUT2D eigenvalue weighted by atomic mass is 9.82. The number of aliphatic carboxylic acids is 1. The number of benzene rings is 1. The molecule has 0 amide bonds. The van der Waals surface area contributed by atoms with Crippen molar-refractivity contribution in [3.63, 3.8) is 0 Å². The molecule has 0 bridgehead atoms. The Balaban J connectivity index is 1.79. The molecule has 0 saturated heterocycles. The predicted molar refractivity (Wildman–Crippen MR) is 84.3 cm³/mol. The highest BCUT2D eigenvalue weighted by Gasteiger charge is 2.19. The van der Waals surface area contributed by atoms with Gasteiger partial charge in [-0.05, 0) is 61.3 Å². The van der Waals surface area contributed by atoms with E-state index in [0.29, 0.717) is 11.8 Å². The molecule has 1 fully saturated rings. The maximum Gasteiger partial charge on any atom is 0.328 e. The van der Waals surface area contributed by atoms with Crippen LogP contribution in [0, 0.1) is 11.8 Å². The summed E-state index contributed by atoms with van der Waals surface area (Å²) in [4.78, 5) is 10.4. The van der Waals surface area contributed by atoms with Crippen LogP contribution in [0.2, 0.25) is 0 Å². The summed E-state index contributed by atoms with van der Waals surface area (Å²) in [6, 6.07) is 7.50. The first-order valence-corrected chi connectivity index (χ1v) is 7.44. The molecule has 1 aromatic rings. The van der Waals surface area contributed by atoms with Gasteiger partial charge in [-0.15, -0.1) is 6.58 Å². The van der Waals surface area contributed by atoms with Gasteiger partial charge in [0.15, 0.2) is 0 Å². The second kappa shape index (κ2) is 7.67. The van der Waals surface area contributed by atoms with Crippen LogP contribution in [-0.4, -0.2) is 17.7 Å². The molecule has 2 rings (SSSR count). The third kappa shape index (κ3) is 5.10. The summed E-state index contributed by atoms with van der Waals surface area (Å²) in [5, 5.41) is 8.58. The zero-order valence-electron chi connectivity index (χ0n) is 12.2. The highest BCUT2D eigenvalue weighted by atomic mass is 16.5. The fourth-order valence-electron chi connectivity index (χ4n) is 2.65. The van der Waals surface area contributed by atoms with Crippen molar-refractivity contribution >= 4 is 12.0 Å². The standard InChI is InChI=1S/C18H22O3/c1-2-14-3-5-16(6-4-14)13-21-17-10-7-15(8-11-17)9-12-18(19)20/h2,7-12,14,16H,1,3-6,13H2,(H,19,20). The normalized spacial score (nSPS) is 22.1.